The first kappa shape index (κ1) is 18.3. The summed E-state index contributed by atoms with van der Waals surface area (Å²) in [6.07, 6.45) is 1.02. The quantitative estimate of drug-likeness (QED) is 0.600. The monoisotopic (exact) mass is 247 g/mol. The molecule has 0 aromatic heterocycles. The second-order valence-electron chi connectivity index (χ2n) is 4.47. The highest BCUT2D eigenvalue weighted by Crippen LogP contribution is 1.98. The Morgan fingerprint density at radius 1 is 0.882 bits per heavy atom. The van der Waals surface area contributed by atoms with E-state index < -0.39 is 11.9 Å². The van der Waals surface area contributed by atoms with Gasteiger partial charge in [-0.1, -0.05) is 27.7 Å². The van der Waals surface area contributed by atoms with Crippen LogP contribution in [0, 0.1) is 0 Å². The van der Waals surface area contributed by atoms with Gasteiger partial charge in [0.25, 0.3) is 0 Å². The number of hydrogen-bond donors (Lipinski definition) is 3. The van der Waals surface area contributed by atoms with Crippen LogP contribution in [0.2, 0.25) is 0 Å². The molecule has 102 valence electrons. The Morgan fingerprint density at radius 2 is 1.18 bits per heavy atom. The molecule has 0 unspecified atom stereocenters. The Morgan fingerprint density at radius 3 is 1.29 bits per heavy atom. The maximum atomic E-state index is 9.90. The van der Waals surface area contributed by atoms with E-state index in [1.165, 1.54) is 0 Å². The Balaban J connectivity index is 0. The van der Waals surface area contributed by atoms with Gasteiger partial charge in [0.1, 0.15) is 0 Å². The minimum atomic E-state index is -0.870. The van der Waals surface area contributed by atoms with Gasteiger partial charge >= 0.3 is 11.9 Å². The van der Waals surface area contributed by atoms with E-state index in [0.717, 1.165) is 0 Å². The molecule has 0 aliphatic carbocycles. The topological polar surface area (TPSA) is 86.6 Å². The van der Waals surface area contributed by atoms with E-state index in [9.17, 15) is 9.59 Å². The molecule has 3 N–H and O–H groups in total. The van der Waals surface area contributed by atoms with Crippen LogP contribution in [0.5, 0.6) is 0 Å². The molecule has 0 aliphatic heterocycles. The van der Waals surface area contributed by atoms with Crippen LogP contribution < -0.4 is 5.32 Å². The normalized spacial score (nSPS) is 10.0. The summed E-state index contributed by atoms with van der Waals surface area (Å²) in [4.78, 5) is 19.8. The summed E-state index contributed by atoms with van der Waals surface area (Å²) in [5, 5.41) is 19.6. The van der Waals surface area contributed by atoms with Crippen molar-refractivity contribution < 1.29 is 19.8 Å². The van der Waals surface area contributed by atoms with Crippen LogP contribution in [0.25, 0.3) is 0 Å². The van der Waals surface area contributed by atoms with Crippen molar-refractivity contribution >= 4 is 11.9 Å². The third-order valence-electron chi connectivity index (χ3n) is 1.70. The van der Waals surface area contributed by atoms with Crippen LogP contribution in [-0.4, -0.2) is 34.2 Å². The smallest absolute Gasteiger partial charge is 0.303 e. The molecule has 0 rings (SSSR count). The first-order valence-corrected chi connectivity index (χ1v) is 5.95. The number of aliphatic carboxylic acids is 2. The predicted octanol–water partition coefficient (Wildman–Crippen LogP) is 2.11. The van der Waals surface area contributed by atoms with E-state index in [4.69, 9.17) is 10.2 Å². The van der Waals surface area contributed by atoms with Crippen molar-refractivity contribution in [1.29, 1.82) is 0 Å². The molecule has 0 bridgehead atoms. The third-order valence-corrected chi connectivity index (χ3v) is 1.70. The van der Waals surface area contributed by atoms with Crippen molar-refractivity contribution in [2.75, 3.05) is 0 Å². The Labute approximate surface area is 103 Å². The molecule has 17 heavy (non-hydrogen) atoms. The molecule has 0 radical (unpaired) electrons. The van der Waals surface area contributed by atoms with E-state index in [0.29, 0.717) is 24.9 Å². The molecule has 5 heteroatoms. The van der Waals surface area contributed by atoms with E-state index in [1.807, 2.05) is 0 Å². The molecule has 5 nitrogen and oxygen atoms in total. The summed E-state index contributed by atoms with van der Waals surface area (Å²) in [7, 11) is 0. The van der Waals surface area contributed by atoms with Gasteiger partial charge in [-0.15, -0.1) is 0 Å². The standard InChI is InChI=1S/C6H15N.C6H10O4/c1-5(2)7-6(3)4;7-5(8)3-1-2-4-6(9)10/h5-7H,1-4H3;1-4H2,(H,7,8)(H,9,10). The second-order valence-corrected chi connectivity index (χ2v) is 4.47. The van der Waals surface area contributed by atoms with Crippen molar-refractivity contribution in [3.05, 3.63) is 0 Å². The highest BCUT2D eigenvalue weighted by atomic mass is 16.4. The molecule has 0 heterocycles. The van der Waals surface area contributed by atoms with Crippen LogP contribution in [-0.2, 0) is 9.59 Å². The minimum Gasteiger partial charge on any atom is -0.481 e. The molecular formula is C12H25NO4. The van der Waals surface area contributed by atoms with Crippen LogP contribution in [0.4, 0.5) is 0 Å². The van der Waals surface area contributed by atoms with E-state index in [-0.39, 0.29) is 12.8 Å². The van der Waals surface area contributed by atoms with Crippen LogP contribution in [0.1, 0.15) is 53.4 Å². The average Bonchev–Trinajstić information content (AvgIpc) is 2.10. The molecule has 0 saturated heterocycles. The van der Waals surface area contributed by atoms with Gasteiger partial charge in [0, 0.05) is 24.9 Å². The van der Waals surface area contributed by atoms with Crippen molar-refractivity contribution in [3.8, 4) is 0 Å². The van der Waals surface area contributed by atoms with E-state index in [2.05, 4.69) is 33.0 Å². The van der Waals surface area contributed by atoms with Gasteiger partial charge in [-0.2, -0.15) is 0 Å². The Kier molecular flexibility index (Phi) is 12.2. The maximum absolute atomic E-state index is 9.90. The second kappa shape index (κ2) is 11.4. The first-order chi connectivity index (χ1) is 7.75. The first-order valence-electron chi connectivity index (χ1n) is 5.95. The largest absolute Gasteiger partial charge is 0.481 e. The SMILES string of the molecule is CC(C)NC(C)C.O=C(O)CCCCC(=O)O. The number of nitrogens with one attached hydrogen (secondary N) is 1. The molecule has 0 fully saturated rings. The molecule has 0 spiro atoms. The predicted molar refractivity (Wildman–Crippen MR) is 67.1 cm³/mol. The highest BCUT2D eigenvalue weighted by Gasteiger charge is 1.99. The number of hydrogen-bond acceptors (Lipinski definition) is 3. The average molecular weight is 247 g/mol. The lowest BCUT2D eigenvalue weighted by Crippen LogP contribution is -2.29. The van der Waals surface area contributed by atoms with Crippen LogP contribution in [0.3, 0.4) is 0 Å². The fourth-order valence-corrected chi connectivity index (χ4v) is 1.22. The minimum absolute atomic E-state index is 0.0628. The molecular weight excluding hydrogens is 222 g/mol. The lowest BCUT2D eigenvalue weighted by Gasteiger charge is -2.10. The maximum Gasteiger partial charge on any atom is 0.303 e. The lowest BCUT2D eigenvalue weighted by atomic mass is 10.2. The van der Waals surface area contributed by atoms with Gasteiger partial charge in [0.05, 0.1) is 0 Å². The highest BCUT2D eigenvalue weighted by molar-refractivity contribution is 5.67. The Hall–Kier alpha value is -1.10. The lowest BCUT2D eigenvalue weighted by molar-refractivity contribution is -0.139. The zero-order valence-corrected chi connectivity index (χ0v) is 11.2. The zero-order valence-electron chi connectivity index (χ0n) is 11.2. The third kappa shape index (κ3) is 25.3. The van der Waals surface area contributed by atoms with Gasteiger partial charge in [-0.05, 0) is 12.8 Å². The van der Waals surface area contributed by atoms with Crippen LogP contribution in [0.15, 0.2) is 0 Å². The van der Waals surface area contributed by atoms with Gasteiger partial charge in [0.2, 0.25) is 0 Å². The number of carboxylic acid groups (broad SMARTS) is 2. The fourth-order valence-electron chi connectivity index (χ4n) is 1.22. The summed E-state index contributed by atoms with van der Waals surface area (Å²) in [6.45, 7) is 8.61. The molecule has 0 aromatic carbocycles. The summed E-state index contributed by atoms with van der Waals surface area (Å²) >= 11 is 0. The zero-order chi connectivity index (χ0) is 13.8. The van der Waals surface area contributed by atoms with Crippen molar-refractivity contribution in [2.24, 2.45) is 0 Å². The van der Waals surface area contributed by atoms with Gasteiger partial charge in [-0.3, -0.25) is 9.59 Å². The molecule has 0 amide bonds. The van der Waals surface area contributed by atoms with Crippen LogP contribution >= 0.6 is 0 Å². The summed E-state index contributed by atoms with van der Waals surface area (Å²) < 4.78 is 0. The molecule has 0 atom stereocenters. The van der Waals surface area contributed by atoms with Crippen molar-refractivity contribution in [3.63, 3.8) is 0 Å². The van der Waals surface area contributed by atoms with Gasteiger partial charge in [-0.25, -0.2) is 0 Å². The number of unbranched alkanes of at least 4 members (excludes halogenated alkanes) is 1. The number of carbonyl (C=O) groups is 2. The van der Waals surface area contributed by atoms with Gasteiger partial charge < -0.3 is 15.5 Å². The summed E-state index contributed by atoms with van der Waals surface area (Å²) in [6, 6.07) is 1.25. The Bertz CT molecular complexity index is 193. The van der Waals surface area contributed by atoms with Crippen molar-refractivity contribution in [1.82, 2.24) is 5.32 Å². The van der Waals surface area contributed by atoms with Gasteiger partial charge in [0.15, 0.2) is 0 Å². The summed E-state index contributed by atoms with van der Waals surface area (Å²) in [5.74, 6) is -1.74. The molecule has 0 saturated carbocycles. The fraction of sp³-hybridized carbons (Fsp3) is 0.833. The number of rotatable bonds is 7. The molecule has 0 aromatic rings. The summed E-state index contributed by atoms with van der Waals surface area (Å²) in [5.41, 5.74) is 0. The van der Waals surface area contributed by atoms with E-state index >= 15 is 0 Å². The molecule has 0 aliphatic rings. The van der Waals surface area contributed by atoms with E-state index in [1.54, 1.807) is 0 Å². The number of carboxylic acids is 2. The van der Waals surface area contributed by atoms with Crippen molar-refractivity contribution in [2.45, 2.75) is 65.5 Å².